The third-order valence-electron chi connectivity index (χ3n) is 2.57. The van der Waals surface area contributed by atoms with Crippen molar-refractivity contribution in [1.82, 2.24) is 4.90 Å². The van der Waals surface area contributed by atoms with Gasteiger partial charge in [-0.15, -0.1) is 0 Å². The Morgan fingerprint density at radius 1 is 1.28 bits per heavy atom. The minimum absolute atomic E-state index is 0. The van der Waals surface area contributed by atoms with Crippen molar-refractivity contribution in [3.63, 3.8) is 0 Å². The van der Waals surface area contributed by atoms with Crippen LogP contribution in [-0.2, 0) is 9.59 Å². The zero-order valence-electron chi connectivity index (χ0n) is 11.6. The molecule has 100 valence electrons. The van der Waals surface area contributed by atoms with Gasteiger partial charge in [0.2, 0.25) is 5.91 Å². The molecule has 0 radical (unpaired) electrons. The molecule has 0 aliphatic heterocycles. The molecule has 0 N–H and O–H groups in total. The van der Waals surface area contributed by atoms with Gasteiger partial charge in [-0.1, -0.05) is 19.8 Å². The number of hydrogen-bond donors (Lipinski definition) is 0. The maximum Gasteiger partial charge on any atom is 1.00 e. The van der Waals surface area contributed by atoms with Crippen LogP contribution in [0.25, 0.3) is 0 Å². The van der Waals surface area contributed by atoms with Crippen LogP contribution in [0, 0.1) is 0 Å². The molecule has 0 aromatic heterocycles. The van der Waals surface area contributed by atoms with Crippen molar-refractivity contribution in [2.75, 3.05) is 13.6 Å². The fourth-order valence-electron chi connectivity index (χ4n) is 1.52. The van der Waals surface area contributed by atoms with E-state index in [1.165, 1.54) is 7.05 Å². The first-order valence-corrected chi connectivity index (χ1v) is 6.05. The number of carboxylic acids is 1. The molecule has 0 saturated carbocycles. The van der Waals surface area contributed by atoms with Crippen LogP contribution in [0.4, 0.5) is 4.39 Å². The molecular formula is C12H21FNNaO3. The Morgan fingerprint density at radius 3 is 2.33 bits per heavy atom. The monoisotopic (exact) mass is 269 g/mol. The molecule has 0 heterocycles. The molecule has 0 aromatic rings. The molecule has 0 aromatic carbocycles. The molecule has 4 nitrogen and oxygen atoms in total. The predicted molar refractivity (Wildman–Crippen MR) is 60.9 cm³/mol. The maximum absolute atomic E-state index is 13.2. The quantitative estimate of drug-likeness (QED) is 0.450. The van der Waals surface area contributed by atoms with Crippen LogP contribution in [0.3, 0.4) is 0 Å². The van der Waals surface area contributed by atoms with Gasteiger partial charge < -0.3 is 14.8 Å². The molecule has 1 atom stereocenters. The molecule has 1 unspecified atom stereocenters. The number of rotatable bonds is 9. The van der Waals surface area contributed by atoms with E-state index >= 15 is 0 Å². The second-order valence-corrected chi connectivity index (χ2v) is 4.25. The number of carboxylic acid groups (broad SMARTS) is 1. The molecule has 0 rings (SSSR count). The number of carbonyl (C=O) groups excluding carboxylic acids is 2. The third kappa shape index (κ3) is 11.0. The van der Waals surface area contributed by atoms with Gasteiger partial charge in [-0.2, -0.15) is 0 Å². The number of likely N-dealkylation sites (N-methyl/N-ethyl adjacent to an activating group) is 1. The summed E-state index contributed by atoms with van der Waals surface area (Å²) in [4.78, 5) is 22.7. The summed E-state index contributed by atoms with van der Waals surface area (Å²) in [5.74, 6) is -1.57. The summed E-state index contributed by atoms with van der Waals surface area (Å²) in [6.45, 7) is 1.60. The van der Waals surface area contributed by atoms with Gasteiger partial charge in [-0.05, 0) is 19.3 Å². The number of aliphatic carboxylic acids is 1. The fraction of sp³-hybridized carbons (Fsp3) is 0.833. The van der Waals surface area contributed by atoms with E-state index in [1.807, 2.05) is 6.92 Å². The summed E-state index contributed by atoms with van der Waals surface area (Å²) >= 11 is 0. The summed E-state index contributed by atoms with van der Waals surface area (Å²) in [5.41, 5.74) is 0. The first-order chi connectivity index (χ1) is 7.97. The molecule has 0 bridgehead atoms. The zero-order valence-corrected chi connectivity index (χ0v) is 13.6. The summed E-state index contributed by atoms with van der Waals surface area (Å²) in [6.07, 6.45) is 2.53. The molecule has 0 spiro atoms. The normalized spacial score (nSPS) is 11.5. The van der Waals surface area contributed by atoms with E-state index in [2.05, 4.69) is 0 Å². The van der Waals surface area contributed by atoms with Crippen molar-refractivity contribution in [3.8, 4) is 0 Å². The smallest absolute Gasteiger partial charge is 0.548 e. The summed E-state index contributed by atoms with van der Waals surface area (Å²) in [7, 11) is 1.40. The van der Waals surface area contributed by atoms with Gasteiger partial charge in [0.25, 0.3) is 0 Å². The molecule has 6 heteroatoms. The SMILES string of the molecule is CCCCC(F)CCCC(=O)N(C)CC(=O)[O-].[Na+]. The van der Waals surface area contributed by atoms with E-state index in [4.69, 9.17) is 0 Å². The van der Waals surface area contributed by atoms with Crippen LogP contribution in [0.15, 0.2) is 0 Å². The third-order valence-corrected chi connectivity index (χ3v) is 2.57. The van der Waals surface area contributed by atoms with Gasteiger partial charge in [-0.3, -0.25) is 4.79 Å². The Bertz CT molecular complexity index is 251. The Hall–Kier alpha value is -0.130. The van der Waals surface area contributed by atoms with Gasteiger partial charge in [0, 0.05) is 13.5 Å². The summed E-state index contributed by atoms with van der Waals surface area (Å²) in [6, 6.07) is 0. The van der Waals surface area contributed by atoms with Gasteiger partial charge in [0.1, 0.15) is 6.17 Å². The standard InChI is InChI=1S/C12H22FNO3.Na/c1-3-4-6-10(13)7-5-8-11(15)14(2)9-12(16)17;/h10H,3-9H2,1-2H3,(H,16,17);/q;+1/p-1. The average molecular weight is 269 g/mol. The van der Waals surface area contributed by atoms with Crippen LogP contribution < -0.4 is 34.7 Å². The number of halogens is 1. The largest absolute Gasteiger partial charge is 1.00 e. The maximum atomic E-state index is 13.2. The Morgan fingerprint density at radius 2 is 1.83 bits per heavy atom. The van der Waals surface area contributed by atoms with E-state index in [-0.39, 0.29) is 41.9 Å². The number of carbonyl (C=O) groups is 2. The van der Waals surface area contributed by atoms with Crippen LogP contribution >= 0.6 is 0 Å². The van der Waals surface area contributed by atoms with Crippen LogP contribution in [-0.4, -0.2) is 36.5 Å². The summed E-state index contributed by atoms with van der Waals surface area (Å²) in [5, 5.41) is 10.2. The van der Waals surface area contributed by atoms with Crippen LogP contribution in [0.5, 0.6) is 0 Å². The molecular weight excluding hydrogens is 248 g/mol. The molecule has 0 saturated heterocycles. The van der Waals surface area contributed by atoms with Crippen molar-refractivity contribution in [2.45, 2.75) is 51.6 Å². The fourth-order valence-corrected chi connectivity index (χ4v) is 1.52. The number of alkyl halides is 1. The van der Waals surface area contributed by atoms with E-state index in [0.717, 1.165) is 17.7 Å². The second-order valence-electron chi connectivity index (χ2n) is 4.25. The van der Waals surface area contributed by atoms with Gasteiger partial charge in [0.15, 0.2) is 0 Å². The van der Waals surface area contributed by atoms with Crippen molar-refractivity contribution >= 4 is 11.9 Å². The number of hydrogen-bond acceptors (Lipinski definition) is 3. The molecule has 0 aliphatic rings. The van der Waals surface area contributed by atoms with Crippen molar-refractivity contribution < 1.29 is 48.6 Å². The van der Waals surface area contributed by atoms with E-state index < -0.39 is 18.7 Å². The van der Waals surface area contributed by atoms with Gasteiger partial charge in [0.05, 0.1) is 12.5 Å². The number of amides is 1. The minimum atomic E-state index is -1.29. The predicted octanol–water partition coefficient (Wildman–Crippen LogP) is -2.10. The molecule has 0 fully saturated rings. The van der Waals surface area contributed by atoms with Gasteiger partial charge >= 0.3 is 29.6 Å². The first-order valence-electron chi connectivity index (χ1n) is 6.05. The summed E-state index contributed by atoms with van der Waals surface area (Å²) < 4.78 is 13.2. The second kappa shape index (κ2) is 11.9. The van der Waals surface area contributed by atoms with Crippen LogP contribution in [0.1, 0.15) is 45.4 Å². The van der Waals surface area contributed by atoms with Gasteiger partial charge in [-0.25, -0.2) is 4.39 Å². The van der Waals surface area contributed by atoms with Crippen molar-refractivity contribution in [1.29, 1.82) is 0 Å². The molecule has 18 heavy (non-hydrogen) atoms. The number of nitrogens with zero attached hydrogens (tertiary/aromatic N) is 1. The zero-order chi connectivity index (χ0) is 13.3. The Kier molecular flexibility index (Phi) is 13.4. The van der Waals surface area contributed by atoms with Crippen LogP contribution in [0.2, 0.25) is 0 Å². The van der Waals surface area contributed by atoms with E-state index in [0.29, 0.717) is 19.3 Å². The first kappa shape index (κ1) is 20.2. The molecule has 1 amide bonds. The van der Waals surface area contributed by atoms with Crippen molar-refractivity contribution in [2.24, 2.45) is 0 Å². The van der Waals surface area contributed by atoms with E-state index in [9.17, 15) is 19.1 Å². The molecule has 0 aliphatic carbocycles. The Labute approximate surface area is 130 Å². The minimum Gasteiger partial charge on any atom is -0.548 e. The van der Waals surface area contributed by atoms with E-state index in [1.54, 1.807) is 0 Å². The Balaban J connectivity index is 0. The average Bonchev–Trinajstić information content (AvgIpc) is 2.25. The van der Waals surface area contributed by atoms with Crippen molar-refractivity contribution in [3.05, 3.63) is 0 Å². The number of unbranched alkanes of at least 4 members (excludes halogenated alkanes) is 1. The topological polar surface area (TPSA) is 60.4 Å².